The Morgan fingerprint density at radius 1 is 0.821 bits per heavy atom. The van der Waals surface area contributed by atoms with Gasteiger partial charge in [0.2, 0.25) is 0 Å². The summed E-state index contributed by atoms with van der Waals surface area (Å²) in [6, 6.07) is 13.1. The van der Waals surface area contributed by atoms with Gasteiger partial charge < -0.3 is 0 Å². The van der Waals surface area contributed by atoms with Crippen molar-refractivity contribution in [2.24, 2.45) is 0 Å². The second-order valence-corrected chi connectivity index (χ2v) is 7.08. The molecule has 0 unspecified atom stereocenters. The van der Waals surface area contributed by atoms with Gasteiger partial charge in [0.05, 0.1) is 5.39 Å². The van der Waals surface area contributed by atoms with Crippen molar-refractivity contribution in [3.05, 3.63) is 71.0 Å². The Kier molecular flexibility index (Phi) is 6.36. The third-order valence-corrected chi connectivity index (χ3v) is 5.05. The number of hydrogen-bond donors (Lipinski definition) is 0. The van der Waals surface area contributed by atoms with Crippen LogP contribution in [0.1, 0.15) is 50.2 Å². The lowest BCUT2D eigenvalue weighted by atomic mass is 9.97. The van der Waals surface area contributed by atoms with Gasteiger partial charge in [-0.05, 0) is 53.1 Å². The van der Waals surface area contributed by atoms with E-state index < -0.39 is 23.0 Å². The van der Waals surface area contributed by atoms with E-state index in [1.165, 1.54) is 43.4 Å². The first-order valence-electron chi connectivity index (χ1n) is 9.65. The first kappa shape index (κ1) is 19.9. The van der Waals surface area contributed by atoms with Crippen LogP contribution in [0.5, 0.6) is 0 Å². The van der Waals surface area contributed by atoms with E-state index in [4.69, 9.17) is 5.26 Å². The van der Waals surface area contributed by atoms with Crippen molar-refractivity contribution >= 4 is 10.8 Å². The molecule has 28 heavy (non-hydrogen) atoms. The summed E-state index contributed by atoms with van der Waals surface area (Å²) in [5, 5.41) is 8.60. The van der Waals surface area contributed by atoms with Gasteiger partial charge in [0, 0.05) is 0 Å². The van der Waals surface area contributed by atoms with E-state index in [1.807, 2.05) is 24.3 Å². The summed E-state index contributed by atoms with van der Waals surface area (Å²) >= 11 is 0. The molecule has 0 aromatic heterocycles. The van der Waals surface area contributed by atoms with Crippen molar-refractivity contribution in [1.82, 2.24) is 0 Å². The first-order valence-corrected chi connectivity index (χ1v) is 9.65. The second-order valence-electron chi connectivity index (χ2n) is 7.08. The Morgan fingerprint density at radius 3 is 2.21 bits per heavy atom. The largest absolute Gasteiger partial charge is 0.206 e. The Bertz CT molecular complexity index is 1020. The molecule has 0 aliphatic rings. The van der Waals surface area contributed by atoms with E-state index in [1.54, 1.807) is 6.07 Å². The van der Waals surface area contributed by atoms with E-state index in [0.717, 1.165) is 24.5 Å². The molecule has 4 heteroatoms. The van der Waals surface area contributed by atoms with E-state index in [2.05, 4.69) is 6.92 Å². The lowest BCUT2D eigenvalue weighted by molar-refractivity contribution is 0.576. The molecule has 3 aromatic rings. The molecule has 0 N–H and O–H groups in total. The maximum absolute atomic E-state index is 14.5. The number of benzene rings is 3. The SMILES string of the molecule is CCCCCCCc1ccc(-c2cc(F)c3c(F)c(C#N)c(F)cc3c2)cc1. The maximum atomic E-state index is 14.5. The molecule has 0 heterocycles. The molecule has 0 aliphatic carbocycles. The van der Waals surface area contributed by atoms with Crippen LogP contribution in [0.2, 0.25) is 0 Å². The minimum atomic E-state index is -1.15. The van der Waals surface area contributed by atoms with E-state index >= 15 is 0 Å². The zero-order chi connectivity index (χ0) is 20.1. The first-order chi connectivity index (χ1) is 13.5. The maximum Gasteiger partial charge on any atom is 0.154 e. The highest BCUT2D eigenvalue weighted by Gasteiger charge is 2.17. The van der Waals surface area contributed by atoms with Gasteiger partial charge in [-0.2, -0.15) is 5.26 Å². The van der Waals surface area contributed by atoms with Gasteiger partial charge in [-0.15, -0.1) is 0 Å². The van der Waals surface area contributed by atoms with Crippen LogP contribution in [-0.2, 0) is 6.42 Å². The topological polar surface area (TPSA) is 23.8 Å². The molecule has 0 bridgehead atoms. The molecular weight excluding hydrogens is 359 g/mol. The van der Waals surface area contributed by atoms with Crippen LogP contribution in [0.3, 0.4) is 0 Å². The van der Waals surface area contributed by atoms with Crippen molar-refractivity contribution in [2.45, 2.75) is 45.4 Å². The summed E-state index contributed by atoms with van der Waals surface area (Å²) in [4.78, 5) is 0. The highest BCUT2D eigenvalue weighted by Crippen LogP contribution is 2.31. The molecule has 1 nitrogen and oxygen atoms in total. The zero-order valence-electron chi connectivity index (χ0n) is 15.9. The predicted octanol–water partition coefficient (Wildman–Crippen LogP) is 7.31. The minimum absolute atomic E-state index is 0.101. The average molecular weight is 381 g/mol. The molecule has 0 radical (unpaired) electrons. The van der Waals surface area contributed by atoms with Crippen LogP contribution in [0.25, 0.3) is 21.9 Å². The molecular formula is C24H22F3N. The van der Waals surface area contributed by atoms with Crippen molar-refractivity contribution in [3.8, 4) is 17.2 Å². The van der Waals surface area contributed by atoms with Crippen LogP contribution in [-0.4, -0.2) is 0 Å². The summed E-state index contributed by atoms with van der Waals surface area (Å²) in [6.07, 6.45) is 7.11. The van der Waals surface area contributed by atoms with Crippen LogP contribution >= 0.6 is 0 Å². The van der Waals surface area contributed by atoms with Gasteiger partial charge in [-0.3, -0.25) is 0 Å². The van der Waals surface area contributed by atoms with Crippen molar-refractivity contribution < 1.29 is 13.2 Å². The van der Waals surface area contributed by atoms with E-state index in [9.17, 15) is 13.2 Å². The van der Waals surface area contributed by atoms with Gasteiger partial charge in [0.25, 0.3) is 0 Å². The second kappa shape index (κ2) is 8.93. The molecule has 0 amide bonds. The number of nitrogens with zero attached hydrogens (tertiary/aromatic N) is 1. The number of aryl methyl sites for hydroxylation is 1. The number of hydrogen-bond acceptors (Lipinski definition) is 1. The Balaban J connectivity index is 1.85. The van der Waals surface area contributed by atoms with Crippen LogP contribution in [0.15, 0.2) is 42.5 Å². The lowest BCUT2D eigenvalue weighted by Gasteiger charge is -2.09. The van der Waals surface area contributed by atoms with Crippen LogP contribution in [0, 0.1) is 28.8 Å². The summed E-state index contributed by atoms with van der Waals surface area (Å²) in [5.74, 6) is -2.94. The normalized spacial score (nSPS) is 11.0. The molecule has 3 aromatic carbocycles. The molecule has 3 rings (SSSR count). The van der Waals surface area contributed by atoms with Crippen LogP contribution in [0.4, 0.5) is 13.2 Å². The molecule has 0 fully saturated rings. The van der Waals surface area contributed by atoms with Gasteiger partial charge in [-0.1, -0.05) is 56.9 Å². The number of unbranched alkanes of at least 4 members (excludes halogenated alkanes) is 4. The molecule has 0 saturated carbocycles. The van der Waals surface area contributed by atoms with Gasteiger partial charge >= 0.3 is 0 Å². The highest BCUT2D eigenvalue weighted by atomic mass is 19.1. The minimum Gasteiger partial charge on any atom is -0.206 e. The number of halogens is 3. The van der Waals surface area contributed by atoms with Gasteiger partial charge in [0.1, 0.15) is 23.3 Å². The van der Waals surface area contributed by atoms with Crippen LogP contribution < -0.4 is 0 Å². The van der Waals surface area contributed by atoms with Crippen molar-refractivity contribution in [2.75, 3.05) is 0 Å². The fourth-order valence-electron chi connectivity index (χ4n) is 3.48. The molecule has 0 atom stereocenters. The molecule has 0 aliphatic heterocycles. The molecule has 0 spiro atoms. The fraction of sp³-hybridized carbons (Fsp3) is 0.292. The Morgan fingerprint density at radius 2 is 1.54 bits per heavy atom. The average Bonchev–Trinajstić information content (AvgIpc) is 2.68. The van der Waals surface area contributed by atoms with Gasteiger partial charge in [-0.25, -0.2) is 13.2 Å². The van der Waals surface area contributed by atoms with Crippen molar-refractivity contribution in [1.29, 1.82) is 5.26 Å². The number of fused-ring (bicyclic) bond motifs is 1. The molecule has 144 valence electrons. The summed E-state index contributed by atoms with van der Waals surface area (Å²) in [5.41, 5.74) is 1.78. The standard InChI is InChI=1S/C24H22F3N/c1-2-3-4-5-6-7-16-8-10-17(11-9-16)18-12-19-14-21(25)20(15-28)24(27)23(19)22(26)13-18/h8-14H,2-7H2,1H3. The summed E-state index contributed by atoms with van der Waals surface area (Å²) < 4.78 is 42.7. The summed E-state index contributed by atoms with van der Waals surface area (Å²) in [7, 11) is 0. The number of nitriles is 1. The fourth-order valence-corrected chi connectivity index (χ4v) is 3.48. The van der Waals surface area contributed by atoms with Crippen molar-refractivity contribution in [3.63, 3.8) is 0 Å². The smallest absolute Gasteiger partial charge is 0.154 e. The molecule has 0 saturated heterocycles. The third-order valence-electron chi connectivity index (χ3n) is 5.05. The monoisotopic (exact) mass is 381 g/mol. The highest BCUT2D eigenvalue weighted by molar-refractivity contribution is 5.89. The van der Waals surface area contributed by atoms with E-state index in [-0.39, 0.29) is 10.8 Å². The predicted molar refractivity (Wildman–Crippen MR) is 106 cm³/mol. The van der Waals surface area contributed by atoms with E-state index in [0.29, 0.717) is 5.56 Å². The number of rotatable bonds is 7. The lowest BCUT2D eigenvalue weighted by Crippen LogP contribution is -1.95. The quantitative estimate of drug-likeness (QED) is 0.394. The third kappa shape index (κ3) is 4.20. The summed E-state index contributed by atoms with van der Waals surface area (Å²) in [6.45, 7) is 2.19. The Labute approximate surface area is 163 Å². The zero-order valence-corrected chi connectivity index (χ0v) is 15.9. The van der Waals surface area contributed by atoms with Gasteiger partial charge in [0.15, 0.2) is 5.82 Å². The Hall–Kier alpha value is -2.80.